The van der Waals surface area contributed by atoms with Crippen molar-refractivity contribution in [3.05, 3.63) is 37.6 Å². The molecule has 11 heavy (non-hydrogen) atoms. The lowest BCUT2D eigenvalue weighted by molar-refractivity contribution is -0.389. The van der Waals surface area contributed by atoms with Crippen LogP contribution in [0.3, 0.4) is 0 Å². The van der Waals surface area contributed by atoms with Gasteiger partial charge < -0.3 is 10.1 Å². The van der Waals surface area contributed by atoms with Crippen LogP contribution in [0.2, 0.25) is 5.02 Å². The fraction of sp³-hybridized carbons (Fsp3) is 0. The van der Waals surface area contributed by atoms with Crippen LogP contribution >= 0.6 is 11.6 Å². The van der Waals surface area contributed by atoms with Crippen LogP contribution in [0.5, 0.6) is 0 Å². The molecule has 0 aromatic carbocycles. The Bertz CT molecular complexity index is 346. The van der Waals surface area contributed by atoms with Gasteiger partial charge in [-0.05, 0) is 4.92 Å². The fourth-order valence-corrected chi connectivity index (χ4v) is 0.658. The summed E-state index contributed by atoms with van der Waals surface area (Å²) in [5, 5.41) is 10.00. The van der Waals surface area contributed by atoms with E-state index < -0.39 is 10.4 Å². The number of aromatic amines is 1. The van der Waals surface area contributed by atoms with Crippen LogP contribution in [0.4, 0.5) is 5.82 Å². The largest absolute Gasteiger partial charge is 0.358 e. The molecular weight excluding hydrogens is 172 g/mol. The minimum absolute atomic E-state index is 0.0596. The zero-order valence-electron chi connectivity index (χ0n) is 5.20. The van der Waals surface area contributed by atoms with Gasteiger partial charge in [0.2, 0.25) is 5.43 Å². The minimum Gasteiger partial charge on any atom is -0.358 e. The molecule has 0 saturated carbocycles. The number of nitrogens with zero attached hydrogens (tertiary/aromatic N) is 1. The Morgan fingerprint density at radius 3 is 2.73 bits per heavy atom. The van der Waals surface area contributed by atoms with Gasteiger partial charge in [-0.25, -0.2) is 4.98 Å². The molecule has 0 atom stereocenters. The molecule has 1 rings (SSSR count). The van der Waals surface area contributed by atoms with Crippen molar-refractivity contribution in [3.8, 4) is 0 Å². The highest BCUT2D eigenvalue weighted by atomic mass is 35.5. The molecule has 0 spiro atoms. The topological polar surface area (TPSA) is 76.0 Å². The van der Waals surface area contributed by atoms with Crippen LogP contribution in [0.15, 0.2) is 17.1 Å². The number of nitro groups is 1. The summed E-state index contributed by atoms with van der Waals surface area (Å²) in [6.07, 6.45) is 1.09. The quantitative estimate of drug-likeness (QED) is 0.508. The molecule has 0 radical (unpaired) electrons. The Morgan fingerprint density at radius 2 is 2.27 bits per heavy atom. The highest BCUT2D eigenvalue weighted by molar-refractivity contribution is 6.30. The van der Waals surface area contributed by atoms with Gasteiger partial charge in [0.15, 0.2) is 0 Å². The van der Waals surface area contributed by atoms with E-state index in [9.17, 15) is 14.9 Å². The zero-order chi connectivity index (χ0) is 8.43. The average molecular weight is 175 g/mol. The Balaban J connectivity index is 3.26. The number of halogens is 1. The first kappa shape index (κ1) is 7.74. The van der Waals surface area contributed by atoms with E-state index in [0.29, 0.717) is 0 Å². The van der Waals surface area contributed by atoms with Gasteiger partial charge >= 0.3 is 5.82 Å². The standard InChI is InChI=1S/C5H3ClN2O3/c6-3-2-7-5(8(10)11)1-4(3)9/h1-2H,(H,7,9). The van der Waals surface area contributed by atoms with E-state index in [1.807, 2.05) is 0 Å². The molecule has 0 unspecified atom stereocenters. The maximum absolute atomic E-state index is 10.7. The summed E-state index contributed by atoms with van der Waals surface area (Å²) in [6, 6.07) is 0.836. The van der Waals surface area contributed by atoms with Gasteiger partial charge in [-0.15, -0.1) is 0 Å². The zero-order valence-corrected chi connectivity index (χ0v) is 5.96. The van der Waals surface area contributed by atoms with Crippen LogP contribution in [0.25, 0.3) is 0 Å². The van der Waals surface area contributed by atoms with Gasteiger partial charge in [-0.2, -0.15) is 0 Å². The molecule has 1 aromatic rings. The van der Waals surface area contributed by atoms with Gasteiger partial charge in [0.05, 0.1) is 6.07 Å². The van der Waals surface area contributed by atoms with Crippen LogP contribution in [0, 0.1) is 10.1 Å². The lowest BCUT2D eigenvalue weighted by Crippen LogP contribution is -2.03. The summed E-state index contributed by atoms with van der Waals surface area (Å²) < 4.78 is 0. The SMILES string of the molecule is O=c1cc([N+](=O)[O-])[nH]cc1Cl. The number of aromatic nitrogens is 1. The second kappa shape index (κ2) is 2.71. The van der Waals surface area contributed by atoms with E-state index in [-0.39, 0.29) is 10.8 Å². The first-order valence-corrected chi connectivity index (χ1v) is 3.01. The number of pyridine rings is 1. The van der Waals surface area contributed by atoms with E-state index in [2.05, 4.69) is 4.98 Å². The summed E-state index contributed by atoms with van der Waals surface area (Å²) in [5.41, 5.74) is -0.558. The molecule has 0 aliphatic heterocycles. The van der Waals surface area contributed by atoms with Crippen molar-refractivity contribution in [3.63, 3.8) is 0 Å². The molecule has 0 aliphatic rings. The maximum atomic E-state index is 10.7. The molecule has 0 saturated heterocycles. The highest BCUT2D eigenvalue weighted by Crippen LogP contribution is 2.05. The lowest BCUT2D eigenvalue weighted by Gasteiger charge is -1.91. The van der Waals surface area contributed by atoms with E-state index >= 15 is 0 Å². The molecule has 5 nitrogen and oxygen atoms in total. The van der Waals surface area contributed by atoms with Crippen molar-refractivity contribution in [1.82, 2.24) is 4.98 Å². The normalized spacial score (nSPS) is 9.55. The molecule has 1 N–H and O–H groups in total. The molecule has 58 valence electrons. The predicted octanol–water partition coefficient (Wildman–Crippen LogP) is 0.936. The van der Waals surface area contributed by atoms with Gasteiger partial charge in [0.1, 0.15) is 11.2 Å². The summed E-state index contributed by atoms with van der Waals surface area (Å²) in [6.45, 7) is 0. The monoisotopic (exact) mass is 174 g/mol. The van der Waals surface area contributed by atoms with Crippen molar-refractivity contribution in [2.45, 2.75) is 0 Å². The molecule has 0 fully saturated rings. The smallest absolute Gasteiger partial charge is 0.324 e. The minimum atomic E-state index is -0.697. The van der Waals surface area contributed by atoms with E-state index in [0.717, 1.165) is 12.3 Å². The molecule has 1 heterocycles. The number of H-pyrrole nitrogens is 1. The second-order valence-corrected chi connectivity index (χ2v) is 2.19. The lowest BCUT2D eigenvalue weighted by atomic mass is 10.4. The van der Waals surface area contributed by atoms with Gasteiger partial charge in [-0.3, -0.25) is 4.79 Å². The third-order valence-electron chi connectivity index (χ3n) is 1.05. The number of nitrogens with one attached hydrogen (secondary N) is 1. The first-order chi connectivity index (χ1) is 5.11. The number of hydrogen-bond acceptors (Lipinski definition) is 3. The van der Waals surface area contributed by atoms with Crippen molar-refractivity contribution in [2.75, 3.05) is 0 Å². The van der Waals surface area contributed by atoms with Crippen LogP contribution in [-0.2, 0) is 0 Å². The Labute approximate surface area is 65.8 Å². The third-order valence-corrected chi connectivity index (χ3v) is 1.34. The Kier molecular flexibility index (Phi) is 1.91. The average Bonchev–Trinajstić information content (AvgIpc) is 1.94. The first-order valence-electron chi connectivity index (χ1n) is 2.64. The Hall–Kier alpha value is -1.36. The van der Waals surface area contributed by atoms with Gasteiger partial charge in [0.25, 0.3) is 0 Å². The predicted molar refractivity (Wildman–Crippen MR) is 38.7 cm³/mol. The van der Waals surface area contributed by atoms with Crippen molar-refractivity contribution >= 4 is 17.4 Å². The summed E-state index contributed by atoms with van der Waals surface area (Å²) in [7, 11) is 0. The molecule has 0 amide bonds. The molecule has 6 heteroatoms. The van der Waals surface area contributed by atoms with Crippen LogP contribution in [-0.4, -0.2) is 9.91 Å². The third kappa shape index (κ3) is 1.56. The highest BCUT2D eigenvalue weighted by Gasteiger charge is 2.05. The van der Waals surface area contributed by atoms with E-state index in [1.165, 1.54) is 0 Å². The summed E-state index contributed by atoms with van der Waals surface area (Å²) in [4.78, 5) is 22.3. The molecule has 0 bridgehead atoms. The van der Waals surface area contributed by atoms with Crippen LogP contribution in [0.1, 0.15) is 0 Å². The second-order valence-electron chi connectivity index (χ2n) is 1.79. The van der Waals surface area contributed by atoms with Crippen molar-refractivity contribution < 1.29 is 4.92 Å². The summed E-state index contributed by atoms with van der Waals surface area (Å²) >= 11 is 5.32. The Morgan fingerprint density at radius 1 is 1.64 bits per heavy atom. The number of hydrogen-bond donors (Lipinski definition) is 1. The van der Waals surface area contributed by atoms with Crippen molar-refractivity contribution in [1.29, 1.82) is 0 Å². The van der Waals surface area contributed by atoms with Crippen LogP contribution < -0.4 is 5.43 Å². The van der Waals surface area contributed by atoms with Gasteiger partial charge in [0, 0.05) is 0 Å². The van der Waals surface area contributed by atoms with Crippen molar-refractivity contribution in [2.24, 2.45) is 0 Å². The van der Waals surface area contributed by atoms with Gasteiger partial charge in [-0.1, -0.05) is 11.6 Å². The maximum Gasteiger partial charge on any atom is 0.324 e. The summed E-state index contributed by atoms with van der Waals surface area (Å²) in [5.74, 6) is -0.362. The fourth-order valence-electron chi connectivity index (χ4n) is 0.549. The van der Waals surface area contributed by atoms with E-state index in [4.69, 9.17) is 11.6 Å². The molecule has 1 aromatic heterocycles. The van der Waals surface area contributed by atoms with E-state index in [1.54, 1.807) is 0 Å². The molecule has 0 aliphatic carbocycles. The molecular formula is C5H3ClN2O3. The number of rotatable bonds is 1.